The summed E-state index contributed by atoms with van der Waals surface area (Å²) in [7, 11) is 0. The Balaban J connectivity index is 2.03. The molecule has 1 saturated heterocycles. The number of nitrogens with one attached hydrogen (secondary N) is 2. The van der Waals surface area contributed by atoms with Gasteiger partial charge in [-0.2, -0.15) is 0 Å². The van der Waals surface area contributed by atoms with Crippen LogP contribution in [-0.4, -0.2) is 49.6 Å². The Morgan fingerprint density at radius 1 is 1.17 bits per heavy atom. The smallest absolute Gasteiger partial charge is 0.236 e. The highest BCUT2D eigenvalue weighted by atomic mass is 16.2. The molecule has 1 fully saturated rings. The maximum absolute atomic E-state index is 11.8. The molecule has 0 aromatic heterocycles. The summed E-state index contributed by atoms with van der Waals surface area (Å²) in [5.41, 5.74) is 0. The van der Waals surface area contributed by atoms with Crippen molar-refractivity contribution in [2.45, 2.75) is 46.1 Å². The Morgan fingerprint density at radius 2 is 1.83 bits per heavy atom. The van der Waals surface area contributed by atoms with Crippen molar-refractivity contribution in [2.24, 2.45) is 5.92 Å². The third-order valence-corrected chi connectivity index (χ3v) is 3.49. The average Bonchev–Trinajstić information content (AvgIpc) is 2.81. The number of amides is 1. The van der Waals surface area contributed by atoms with E-state index in [4.69, 9.17) is 0 Å². The third-order valence-electron chi connectivity index (χ3n) is 3.49. The van der Waals surface area contributed by atoms with Gasteiger partial charge in [0.1, 0.15) is 0 Å². The van der Waals surface area contributed by atoms with Crippen molar-refractivity contribution in [3.05, 3.63) is 0 Å². The summed E-state index contributed by atoms with van der Waals surface area (Å²) < 4.78 is 0. The Labute approximate surface area is 111 Å². The predicted octanol–water partition coefficient (Wildman–Crippen LogP) is 1.22. The molecule has 106 valence electrons. The van der Waals surface area contributed by atoms with Gasteiger partial charge in [0.05, 0.1) is 6.04 Å². The first-order chi connectivity index (χ1) is 8.59. The van der Waals surface area contributed by atoms with E-state index in [-0.39, 0.29) is 11.9 Å². The first-order valence-electron chi connectivity index (χ1n) is 7.33. The van der Waals surface area contributed by atoms with Gasteiger partial charge in [-0.25, -0.2) is 0 Å². The van der Waals surface area contributed by atoms with Gasteiger partial charge in [0, 0.05) is 19.6 Å². The number of likely N-dealkylation sites (tertiary alicyclic amines) is 1. The van der Waals surface area contributed by atoms with Gasteiger partial charge in [-0.05, 0) is 45.2 Å². The molecule has 1 unspecified atom stereocenters. The summed E-state index contributed by atoms with van der Waals surface area (Å²) in [5, 5.41) is 6.27. The van der Waals surface area contributed by atoms with Gasteiger partial charge in [0.2, 0.25) is 5.91 Å². The second-order valence-corrected chi connectivity index (χ2v) is 5.70. The lowest BCUT2D eigenvalue weighted by Gasteiger charge is -2.18. The number of carbonyl (C=O) groups is 1. The lowest BCUT2D eigenvalue weighted by atomic mass is 10.1. The molecule has 1 atom stereocenters. The Morgan fingerprint density at radius 3 is 2.44 bits per heavy atom. The minimum Gasteiger partial charge on any atom is -0.355 e. The van der Waals surface area contributed by atoms with Crippen molar-refractivity contribution in [2.75, 3.05) is 32.7 Å². The molecule has 0 bridgehead atoms. The third kappa shape index (κ3) is 6.36. The quantitative estimate of drug-likeness (QED) is 0.685. The zero-order chi connectivity index (χ0) is 13.4. The van der Waals surface area contributed by atoms with E-state index in [1.54, 1.807) is 0 Å². The molecule has 1 aliphatic heterocycles. The van der Waals surface area contributed by atoms with Gasteiger partial charge < -0.3 is 15.5 Å². The Hall–Kier alpha value is -0.610. The minimum absolute atomic E-state index is 0.0836. The number of hydrogen-bond donors (Lipinski definition) is 2. The largest absolute Gasteiger partial charge is 0.355 e. The lowest BCUT2D eigenvalue weighted by molar-refractivity contribution is -0.122. The molecule has 1 amide bonds. The van der Waals surface area contributed by atoms with Crippen molar-refractivity contribution in [1.29, 1.82) is 0 Å². The van der Waals surface area contributed by atoms with Crippen LogP contribution in [0.2, 0.25) is 0 Å². The Bertz CT molecular complexity index is 237. The van der Waals surface area contributed by atoms with Gasteiger partial charge in [-0.3, -0.25) is 4.79 Å². The van der Waals surface area contributed by atoms with Gasteiger partial charge in [-0.15, -0.1) is 0 Å². The molecule has 2 N–H and O–H groups in total. The SMILES string of the molecule is CC(C)CCNC(=O)C(C)NCCN1CCCC1. The van der Waals surface area contributed by atoms with Crippen LogP contribution in [0.15, 0.2) is 0 Å². The molecule has 1 rings (SSSR count). The van der Waals surface area contributed by atoms with E-state index in [1.165, 1.54) is 25.9 Å². The predicted molar refractivity (Wildman–Crippen MR) is 75.6 cm³/mol. The van der Waals surface area contributed by atoms with Crippen LogP contribution < -0.4 is 10.6 Å². The molecule has 0 saturated carbocycles. The summed E-state index contributed by atoms with van der Waals surface area (Å²) in [6, 6.07) is -0.0836. The van der Waals surface area contributed by atoms with Crippen LogP contribution in [0.3, 0.4) is 0 Å². The van der Waals surface area contributed by atoms with Crippen molar-refractivity contribution >= 4 is 5.91 Å². The molecule has 1 aliphatic rings. The van der Waals surface area contributed by atoms with E-state index in [1.807, 2.05) is 6.92 Å². The zero-order valence-corrected chi connectivity index (χ0v) is 12.2. The molecular weight excluding hydrogens is 226 g/mol. The van der Waals surface area contributed by atoms with Crippen molar-refractivity contribution < 1.29 is 4.79 Å². The fourth-order valence-corrected chi connectivity index (χ4v) is 2.18. The highest BCUT2D eigenvalue weighted by Crippen LogP contribution is 2.05. The van der Waals surface area contributed by atoms with Gasteiger partial charge in [-0.1, -0.05) is 13.8 Å². The highest BCUT2D eigenvalue weighted by molar-refractivity contribution is 5.81. The first-order valence-corrected chi connectivity index (χ1v) is 7.33. The van der Waals surface area contributed by atoms with Crippen molar-refractivity contribution in [3.63, 3.8) is 0 Å². The first kappa shape index (κ1) is 15.4. The van der Waals surface area contributed by atoms with E-state index in [0.717, 1.165) is 26.1 Å². The topological polar surface area (TPSA) is 44.4 Å². The van der Waals surface area contributed by atoms with E-state index in [9.17, 15) is 4.79 Å². The van der Waals surface area contributed by atoms with Crippen LogP contribution in [0, 0.1) is 5.92 Å². The Kier molecular flexibility index (Phi) is 7.28. The number of carbonyl (C=O) groups excluding carboxylic acids is 1. The highest BCUT2D eigenvalue weighted by Gasteiger charge is 2.14. The summed E-state index contributed by atoms with van der Waals surface area (Å²) in [6.45, 7) is 11.5. The summed E-state index contributed by atoms with van der Waals surface area (Å²) in [4.78, 5) is 14.2. The van der Waals surface area contributed by atoms with Crippen LogP contribution >= 0.6 is 0 Å². The molecule has 0 radical (unpaired) electrons. The number of hydrogen-bond acceptors (Lipinski definition) is 3. The molecular formula is C14H29N3O. The fraction of sp³-hybridized carbons (Fsp3) is 0.929. The van der Waals surface area contributed by atoms with E-state index < -0.39 is 0 Å². The number of nitrogens with zero attached hydrogens (tertiary/aromatic N) is 1. The maximum Gasteiger partial charge on any atom is 0.236 e. The molecule has 0 aliphatic carbocycles. The summed E-state index contributed by atoms with van der Waals surface area (Å²) in [5.74, 6) is 0.765. The van der Waals surface area contributed by atoms with Crippen LogP contribution in [-0.2, 0) is 4.79 Å². The van der Waals surface area contributed by atoms with Gasteiger partial charge in [0.15, 0.2) is 0 Å². The van der Waals surface area contributed by atoms with Crippen molar-refractivity contribution in [3.8, 4) is 0 Å². The van der Waals surface area contributed by atoms with E-state index >= 15 is 0 Å². The van der Waals surface area contributed by atoms with Crippen LogP contribution in [0.4, 0.5) is 0 Å². The molecule has 0 spiro atoms. The van der Waals surface area contributed by atoms with Gasteiger partial charge in [0.25, 0.3) is 0 Å². The summed E-state index contributed by atoms with van der Waals surface area (Å²) >= 11 is 0. The average molecular weight is 255 g/mol. The standard InChI is InChI=1S/C14H29N3O/c1-12(2)6-7-16-14(18)13(3)15-8-11-17-9-4-5-10-17/h12-13,15H,4-11H2,1-3H3,(H,16,18). The molecule has 1 heterocycles. The van der Waals surface area contributed by atoms with Crippen LogP contribution in [0.1, 0.15) is 40.0 Å². The van der Waals surface area contributed by atoms with Crippen LogP contribution in [0.25, 0.3) is 0 Å². The summed E-state index contributed by atoms with van der Waals surface area (Å²) in [6.07, 6.45) is 3.70. The molecule has 4 heteroatoms. The maximum atomic E-state index is 11.8. The zero-order valence-electron chi connectivity index (χ0n) is 12.2. The second-order valence-electron chi connectivity index (χ2n) is 5.70. The minimum atomic E-state index is -0.0836. The second kappa shape index (κ2) is 8.48. The van der Waals surface area contributed by atoms with Crippen LogP contribution in [0.5, 0.6) is 0 Å². The monoisotopic (exact) mass is 255 g/mol. The molecule has 18 heavy (non-hydrogen) atoms. The normalized spacial score (nSPS) is 18.2. The van der Waals surface area contributed by atoms with Crippen molar-refractivity contribution in [1.82, 2.24) is 15.5 Å². The number of rotatable bonds is 8. The molecule has 0 aromatic carbocycles. The van der Waals surface area contributed by atoms with E-state index in [0.29, 0.717) is 5.92 Å². The van der Waals surface area contributed by atoms with Gasteiger partial charge >= 0.3 is 0 Å². The fourth-order valence-electron chi connectivity index (χ4n) is 2.18. The lowest BCUT2D eigenvalue weighted by Crippen LogP contribution is -2.44. The molecule has 4 nitrogen and oxygen atoms in total. The van der Waals surface area contributed by atoms with E-state index in [2.05, 4.69) is 29.4 Å². The molecule has 0 aromatic rings.